The first-order chi connectivity index (χ1) is 8.13. The Bertz CT molecular complexity index is 420. The second-order valence-corrected chi connectivity index (χ2v) is 3.90. The molecule has 1 heterocycles. The molecule has 1 aromatic heterocycles. The number of nitrogen functional groups attached to an aromatic ring is 1. The SMILES string of the molecule is COCCN(C)CC#Cc1ccc(N)c(C)n1. The Balaban J connectivity index is 2.51. The highest BCUT2D eigenvalue weighted by molar-refractivity contribution is 5.45. The van der Waals surface area contributed by atoms with Crippen LogP contribution in [0.4, 0.5) is 5.69 Å². The number of nitrogens with zero attached hydrogens (tertiary/aromatic N) is 2. The molecule has 1 rings (SSSR count). The van der Waals surface area contributed by atoms with E-state index in [1.54, 1.807) is 7.11 Å². The highest BCUT2D eigenvalue weighted by Crippen LogP contribution is 2.06. The fourth-order valence-electron chi connectivity index (χ4n) is 1.23. The summed E-state index contributed by atoms with van der Waals surface area (Å²) in [7, 11) is 3.70. The molecule has 0 atom stereocenters. The number of pyridine rings is 1. The van der Waals surface area contributed by atoms with Crippen molar-refractivity contribution in [3.05, 3.63) is 23.5 Å². The van der Waals surface area contributed by atoms with Crippen LogP contribution in [0.5, 0.6) is 0 Å². The Morgan fingerprint density at radius 1 is 1.47 bits per heavy atom. The third-order valence-corrected chi connectivity index (χ3v) is 2.37. The molecular formula is C13H19N3O. The molecule has 0 unspecified atom stereocenters. The molecule has 0 aliphatic heterocycles. The fraction of sp³-hybridized carbons (Fsp3) is 0.462. The van der Waals surface area contributed by atoms with E-state index in [9.17, 15) is 0 Å². The van der Waals surface area contributed by atoms with Gasteiger partial charge in [-0.15, -0.1) is 0 Å². The number of aromatic nitrogens is 1. The second-order valence-electron chi connectivity index (χ2n) is 3.90. The van der Waals surface area contributed by atoms with Crippen molar-refractivity contribution in [1.29, 1.82) is 0 Å². The van der Waals surface area contributed by atoms with E-state index >= 15 is 0 Å². The molecule has 0 aromatic carbocycles. The molecule has 4 nitrogen and oxygen atoms in total. The Morgan fingerprint density at radius 2 is 2.24 bits per heavy atom. The van der Waals surface area contributed by atoms with Crippen LogP contribution in [-0.2, 0) is 4.74 Å². The molecule has 0 saturated heterocycles. The Hall–Kier alpha value is -1.57. The summed E-state index contributed by atoms with van der Waals surface area (Å²) in [6.45, 7) is 4.18. The average molecular weight is 233 g/mol. The van der Waals surface area contributed by atoms with Gasteiger partial charge in [0, 0.05) is 13.7 Å². The Labute approximate surface area is 103 Å². The molecule has 2 N–H and O–H groups in total. The smallest absolute Gasteiger partial charge is 0.113 e. The maximum atomic E-state index is 5.69. The molecule has 0 amide bonds. The van der Waals surface area contributed by atoms with Crippen LogP contribution in [0.1, 0.15) is 11.4 Å². The lowest BCUT2D eigenvalue weighted by Gasteiger charge is -2.11. The third-order valence-electron chi connectivity index (χ3n) is 2.37. The van der Waals surface area contributed by atoms with Gasteiger partial charge in [-0.3, -0.25) is 4.90 Å². The van der Waals surface area contributed by atoms with Crippen LogP contribution in [0.2, 0.25) is 0 Å². The predicted molar refractivity (Wildman–Crippen MR) is 69.6 cm³/mol. The lowest BCUT2D eigenvalue weighted by atomic mass is 10.3. The fourth-order valence-corrected chi connectivity index (χ4v) is 1.23. The normalized spacial score (nSPS) is 10.1. The maximum absolute atomic E-state index is 5.69. The summed E-state index contributed by atoms with van der Waals surface area (Å²) < 4.78 is 4.99. The predicted octanol–water partition coefficient (Wildman–Crippen LogP) is 0.902. The number of likely N-dealkylation sites (N-methyl/N-ethyl adjacent to an activating group) is 1. The van der Waals surface area contributed by atoms with E-state index < -0.39 is 0 Å². The van der Waals surface area contributed by atoms with Gasteiger partial charge in [0.2, 0.25) is 0 Å². The first-order valence-electron chi connectivity index (χ1n) is 5.53. The number of nitrogens with two attached hydrogens (primary N) is 1. The Kier molecular flexibility index (Phi) is 5.47. The van der Waals surface area contributed by atoms with E-state index in [-0.39, 0.29) is 0 Å². The van der Waals surface area contributed by atoms with Crippen LogP contribution in [0.15, 0.2) is 12.1 Å². The standard InChI is InChI=1S/C13H19N3O/c1-11-13(14)7-6-12(15-11)5-4-8-16(2)9-10-17-3/h6-7H,8-10,14H2,1-3H3. The van der Waals surface area contributed by atoms with Gasteiger partial charge in [0.1, 0.15) is 5.69 Å². The summed E-state index contributed by atoms with van der Waals surface area (Å²) in [5.74, 6) is 6.09. The average Bonchev–Trinajstić information content (AvgIpc) is 2.31. The number of methoxy groups -OCH3 is 1. The van der Waals surface area contributed by atoms with Gasteiger partial charge in [-0.2, -0.15) is 0 Å². The molecule has 4 heteroatoms. The van der Waals surface area contributed by atoms with Gasteiger partial charge < -0.3 is 10.5 Å². The number of aryl methyl sites for hydroxylation is 1. The zero-order chi connectivity index (χ0) is 12.7. The van der Waals surface area contributed by atoms with Crippen molar-refractivity contribution in [2.24, 2.45) is 0 Å². The summed E-state index contributed by atoms with van der Waals surface area (Å²) in [5.41, 5.74) is 7.97. The minimum absolute atomic E-state index is 0.702. The van der Waals surface area contributed by atoms with Crippen LogP contribution in [-0.4, -0.2) is 43.7 Å². The van der Waals surface area contributed by atoms with Gasteiger partial charge in [0.25, 0.3) is 0 Å². The third kappa shape index (κ3) is 4.85. The van der Waals surface area contributed by atoms with E-state index in [1.165, 1.54) is 0 Å². The molecule has 0 spiro atoms. The number of ether oxygens (including phenoxy) is 1. The van der Waals surface area contributed by atoms with Crippen LogP contribution in [0.3, 0.4) is 0 Å². The van der Waals surface area contributed by atoms with Gasteiger partial charge in [-0.1, -0.05) is 5.92 Å². The highest BCUT2D eigenvalue weighted by Gasteiger charge is 1.96. The lowest BCUT2D eigenvalue weighted by molar-refractivity contribution is 0.167. The molecule has 0 bridgehead atoms. The molecule has 92 valence electrons. The summed E-state index contributed by atoms with van der Waals surface area (Å²) in [5, 5.41) is 0. The van der Waals surface area contributed by atoms with Crippen molar-refractivity contribution in [3.8, 4) is 11.8 Å². The largest absolute Gasteiger partial charge is 0.397 e. The van der Waals surface area contributed by atoms with Crippen molar-refractivity contribution in [2.45, 2.75) is 6.92 Å². The van der Waals surface area contributed by atoms with Gasteiger partial charge in [0.15, 0.2) is 0 Å². The molecule has 0 saturated carbocycles. The van der Waals surface area contributed by atoms with Crippen LogP contribution in [0, 0.1) is 18.8 Å². The second kappa shape index (κ2) is 6.89. The van der Waals surface area contributed by atoms with E-state index in [2.05, 4.69) is 21.7 Å². The first-order valence-corrected chi connectivity index (χ1v) is 5.53. The van der Waals surface area contributed by atoms with Crippen molar-refractivity contribution in [3.63, 3.8) is 0 Å². The minimum Gasteiger partial charge on any atom is -0.397 e. The highest BCUT2D eigenvalue weighted by atomic mass is 16.5. The first kappa shape index (κ1) is 13.5. The zero-order valence-corrected chi connectivity index (χ0v) is 10.7. The number of anilines is 1. The van der Waals surface area contributed by atoms with E-state index in [1.807, 2.05) is 26.1 Å². The number of hydrogen-bond acceptors (Lipinski definition) is 4. The monoisotopic (exact) mass is 233 g/mol. The molecular weight excluding hydrogens is 214 g/mol. The minimum atomic E-state index is 0.702. The number of hydrogen-bond donors (Lipinski definition) is 1. The molecule has 1 aromatic rings. The van der Waals surface area contributed by atoms with E-state index in [0.717, 1.165) is 24.5 Å². The molecule has 17 heavy (non-hydrogen) atoms. The topological polar surface area (TPSA) is 51.4 Å². The van der Waals surface area contributed by atoms with Crippen LogP contribution in [0.25, 0.3) is 0 Å². The maximum Gasteiger partial charge on any atom is 0.113 e. The van der Waals surface area contributed by atoms with Gasteiger partial charge >= 0.3 is 0 Å². The zero-order valence-electron chi connectivity index (χ0n) is 10.7. The van der Waals surface area contributed by atoms with Crippen molar-refractivity contribution in [1.82, 2.24) is 9.88 Å². The summed E-state index contributed by atoms with van der Waals surface area (Å²) in [4.78, 5) is 6.39. The van der Waals surface area contributed by atoms with Gasteiger partial charge in [-0.05, 0) is 32.0 Å². The van der Waals surface area contributed by atoms with Crippen LogP contribution < -0.4 is 5.73 Å². The summed E-state index contributed by atoms with van der Waals surface area (Å²) in [6.07, 6.45) is 0. The van der Waals surface area contributed by atoms with Crippen LogP contribution >= 0.6 is 0 Å². The van der Waals surface area contributed by atoms with Gasteiger partial charge in [-0.25, -0.2) is 4.98 Å². The Morgan fingerprint density at radius 3 is 2.88 bits per heavy atom. The number of rotatable bonds is 4. The molecule has 0 radical (unpaired) electrons. The van der Waals surface area contributed by atoms with Crippen molar-refractivity contribution >= 4 is 5.69 Å². The van der Waals surface area contributed by atoms with E-state index in [4.69, 9.17) is 10.5 Å². The van der Waals surface area contributed by atoms with Gasteiger partial charge in [0.05, 0.1) is 24.5 Å². The summed E-state index contributed by atoms with van der Waals surface area (Å²) in [6, 6.07) is 3.67. The molecule has 0 fully saturated rings. The summed E-state index contributed by atoms with van der Waals surface area (Å²) >= 11 is 0. The molecule has 0 aliphatic rings. The van der Waals surface area contributed by atoms with E-state index in [0.29, 0.717) is 12.2 Å². The lowest BCUT2D eigenvalue weighted by Crippen LogP contribution is -2.23. The quantitative estimate of drug-likeness (QED) is 0.785. The van der Waals surface area contributed by atoms with Crippen molar-refractivity contribution in [2.75, 3.05) is 39.6 Å². The molecule has 0 aliphatic carbocycles. The van der Waals surface area contributed by atoms with Crippen molar-refractivity contribution < 1.29 is 4.74 Å².